The predicted molar refractivity (Wildman–Crippen MR) is 89.9 cm³/mol. The van der Waals surface area contributed by atoms with Crippen molar-refractivity contribution in [3.8, 4) is 0 Å². The standard InChI is InChI=1S/C18H29N3/c1-19-15-16-7-3-4-8-18(16)21-13-9-17(10-14-21)20-11-5-2-6-12-20/h3-4,7-8,17,19H,2,5-6,9-15H2,1H3. The summed E-state index contributed by atoms with van der Waals surface area (Å²) in [6.07, 6.45) is 6.91. The van der Waals surface area contributed by atoms with Gasteiger partial charge in [-0.15, -0.1) is 0 Å². The first-order valence-electron chi connectivity index (χ1n) is 8.60. The third kappa shape index (κ3) is 3.58. The van der Waals surface area contributed by atoms with E-state index in [1.165, 1.54) is 69.5 Å². The molecule has 3 rings (SSSR count). The molecule has 0 amide bonds. The van der Waals surface area contributed by atoms with E-state index in [1.807, 2.05) is 7.05 Å². The zero-order valence-electron chi connectivity index (χ0n) is 13.4. The van der Waals surface area contributed by atoms with Gasteiger partial charge in [0.1, 0.15) is 0 Å². The molecule has 0 radical (unpaired) electrons. The fourth-order valence-electron chi connectivity index (χ4n) is 3.91. The molecular weight excluding hydrogens is 258 g/mol. The molecule has 0 saturated carbocycles. The molecule has 2 aliphatic heterocycles. The number of anilines is 1. The summed E-state index contributed by atoms with van der Waals surface area (Å²) in [6.45, 7) is 6.05. The molecule has 2 saturated heterocycles. The Hall–Kier alpha value is -1.06. The van der Waals surface area contributed by atoms with Crippen molar-refractivity contribution >= 4 is 5.69 Å². The first kappa shape index (κ1) is 14.9. The molecule has 1 N–H and O–H groups in total. The van der Waals surface area contributed by atoms with Crippen LogP contribution in [0.15, 0.2) is 24.3 Å². The van der Waals surface area contributed by atoms with E-state index in [0.29, 0.717) is 0 Å². The number of rotatable bonds is 4. The van der Waals surface area contributed by atoms with Gasteiger partial charge in [-0.05, 0) is 57.5 Å². The summed E-state index contributed by atoms with van der Waals surface area (Å²) in [5, 5.41) is 3.29. The highest BCUT2D eigenvalue weighted by molar-refractivity contribution is 5.54. The molecule has 0 aliphatic carbocycles. The molecule has 0 spiro atoms. The molecule has 0 unspecified atom stereocenters. The summed E-state index contributed by atoms with van der Waals surface area (Å²) < 4.78 is 0. The second-order valence-corrected chi connectivity index (χ2v) is 6.47. The van der Waals surface area contributed by atoms with Crippen LogP contribution in [0.2, 0.25) is 0 Å². The number of para-hydroxylation sites is 1. The van der Waals surface area contributed by atoms with Crippen molar-refractivity contribution in [3.05, 3.63) is 29.8 Å². The average molecular weight is 287 g/mol. The monoisotopic (exact) mass is 287 g/mol. The van der Waals surface area contributed by atoms with E-state index in [4.69, 9.17) is 0 Å². The predicted octanol–water partition coefficient (Wildman–Crippen LogP) is 2.86. The highest BCUT2D eigenvalue weighted by Gasteiger charge is 2.26. The fraction of sp³-hybridized carbons (Fsp3) is 0.667. The number of hydrogen-bond acceptors (Lipinski definition) is 3. The molecule has 3 nitrogen and oxygen atoms in total. The number of benzene rings is 1. The van der Waals surface area contributed by atoms with Crippen molar-refractivity contribution in [2.24, 2.45) is 0 Å². The van der Waals surface area contributed by atoms with Crippen molar-refractivity contribution in [2.75, 3.05) is 38.1 Å². The Balaban J connectivity index is 1.60. The van der Waals surface area contributed by atoms with E-state index in [-0.39, 0.29) is 0 Å². The van der Waals surface area contributed by atoms with Gasteiger partial charge in [0.2, 0.25) is 0 Å². The van der Waals surface area contributed by atoms with Gasteiger partial charge in [0, 0.05) is 31.4 Å². The number of nitrogens with zero attached hydrogens (tertiary/aromatic N) is 2. The van der Waals surface area contributed by atoms with E-state index in [2.05, 4.69) is 39.4 Å². The largest absolute Gasteiger partial charge is 0.371 e. The van der Waals surface area contributed by atoms with Crippen LogP contribution in [0.4, 0.5) is 5.69 Å². The fourth-order valence-corrected chi connectivity index (χ4v) is 3.91. The van der Waals surface area contributed by atoms with Crippen LogP contribution < -0.4 is 10.2 Å². The Bertz CT molecular complexity index is 432. The lowest BCUT2D eigenvalue weighted by atomic mass is 9.99. The van der Waals surface area contributed by atoms with Crippen LogP contribution in [-0.2, 0) is 6.54 Å². The van der Waals surface area contributed by atoms with Gasteiger partial charge < -0.3 is 15.1 Å². The van der Waals surface area contributed by atoms with Gasteiger partial charge in [-0.3, -0.25) is 0 Å². The van der Waals surface area contributed by atoms with Gasteiger partial charge in [0.15, 0.2) is 0 Å². The van der Waals surface area contributed by atoms with Crippen LogP contribution in [0.3, 0.4) is 0 Å². The summed E-state index contributed by atoms with van der Waals surface area (Å²) in [4.78, 5) is 5.34. The maximum atomic E-state index is 3.29. The van der Waals surface area contributed by atoms with E-state index in [0.717, 1.165) is 12.6 Å². The summed E-state index contributed by atoms with van der Waals surface area (Å²) in [7, 11) is 2.03. The first-order valence-corrected chi connectivity index (χ1v) is 8.60. The number of nitrogens with one attached hydrogen (secondary N) is 1. The maximum absolute atomic E-state index is 3.29. The van der Waals surface area contributed by atoms with Gasteiger partial charge >= 0.3 is 0 Å². The molecule has 2 fully saturated rings. The topological polar surface area (TPSA) is 18.5 Å². The molecular formula is C18H29N3. The van der Waals surface area contributed by atoms with Crippen LogP contribution in [0.1, 0.15) is 37.7 Å². The summed E-state index contributed by atoms with van der Waals surface area (Å²) >= 11 is 0. The lowest BCUT2D eigenvalue weighted by molar-refractivity contribution is 0.141. The van der Waals surface area contributed by atoms with E-state index in [9.17, 15) is 0 Å². The van der Waals surface area contributed by atoms with Gasteiger partial charge in [0.05, 0.1) is 0 Å². The molecule has 1 aromatic carbocycles. The Kier molecular flexibility index (Phi) is 5.15. The second kappa shape index (κ2) is 7.28. The van der Waals surface area contributed by atoms with Crippen LogP contribution in [0, 0.1) is 0 Å². The third-order valence-electron chi connectivity index (χ3n) is 5.07. The quantitative estimate of drug-likeness (QED) is 0.918. The number of piperidine rings is 2. The maximum Gasteiger partial charge on any atom is 0.0411 e. The lowest BCUT2D eigenvalue weighted by Crippen LogP contribution is -2.47. The van der Waals surface area contributed by atoms with Gasteiger partial charge in [-0.2, -0.15) is 0 Å². The van der Waals surface area contributed by atoms with Gasteiger partial charge in [-0.25, -0.2) is 0 Å². The van der Waals surface area contributed by atoms with Crippen molar-refractivity contribution in [1.82, 2.24) is 10.2 Å². The van der Waals surface area contributed by atoms with Crippen molar-refractivity contribution < 1.29 is 0 Å². The van der Waals surface area contributed by atoms with Gasteiger partial charge in [-0.1, -0.05) is 24.6 Å². The molecule has 2 aliphatic rings. The van der Waals surface area contributed by atoms with Crippen molar-refractivity contribution in [2.45, 2.75) is 44.7 Å². The molecule has 116 valence electrons. The smallest absolute Gasteiger partial charge is 0.0411 e. The minimum Gasteiger partial charge on any atom is -0.371 e. The SMILES string of the molecule is CNCc1ccccc1N1CCC(N2CCCCC2)CC1. The Morgan fingerprint density at radius 3 is 2.43 bits per heavy atom. The van der Waals surface area contributed by atoms with Crippen LogP contribution in [-0.4, -0.2) is 44.2 Å². The van der Waals surface area contributed by atoms with Crippen molar-refractivity contribution in [1.29, 1.82) is 0 Å². The third-order valence-corrected chi connectivity index (χ3v) is 5.07. The average Bonchev–Trinajstić information content (AvgIpc) is 2.57. The Morgan fingerprint density at radius 2 is 1.71 bits per heavy atom. The Labute approximate surface area is 129 Å². The Morgan fingerprint density at radius 1 is 1.00 bits per heavy atom. The number of hydrogen-bond donors (Lipinski definition) is 1. The van der Waals surface area contributed by atoms with Crippen molar-refractivity contribution in [3.63, 3.8) is 0 Å². The molecule has 21 heavy (non-hydrogen) atoms. The van der Waals surface area contributed by atoms with Crippen LogP contribution in [0.25, 0.3) is 0 Å². The van der Waals surface area contributed by atoms with E-state index < -0.39 is 0 Å². The normalized spacial score (nSPS) is 21.7. The minimum absolute atomic E-state index is 0.831. The number of likely N-dealkylation sites (tertiary alicyclic amines) is 1. The molecule has 1 aromatic rings. The summed E-state index contributed by atoms with van der Waals surface area (Å²) in [6, 6.07) is 9.69. The highest BCUT2D eigenvalue weighted by Crippen LogP contribution is 2.27. The summed E-state index contributed by atoms with van der Waals surface area (Å²) in [5.74, 6) is 0. The van der Waals surface area contributed by atoms with Crippen LogP contribution >= 0.6 is 0 Å². The van der Waals surface area contributed by atoms with E-state index in [1.54, 1.807) is 0 Å². The molecule has 0 bridgehead atoms. The highest BCUT2D eigenvalue weighted by atomic mass is 15.2. The minimum atomic E-state index is 0.831. The van der Waals surface area contributed by atoms with E-state index >= 15 is 0 Å². The molecule has 2 heterocycles. The zero-order chi connectivity index (χ0) is 14.5. The molecule has 3 heteroatoms. The summed E-state index contributed by atoms with van der Waals surface area (Å²) in [5.41, 5.74) is 2.86. The zero-order valence-corrected chi connectivity index (χ0v) is 13.4. The second-order valence-electron chi connectivity index (χ2n) is 6.47. The first-order chi connectivity index (χ1) is 10.4. The van der Waals surface area contributed by atoms with Crippen LogP contribution in [0.5, 0.6) is 0 Å². The lowest BCUT2D eigenvalue weighted by Gasteiger charge is -2.41. The van der Waals surface area contributed by atoms with Gasteiger partial charge in [0.25, 0.3) is 0 Å². The molecule has 0 aromatic heterocycles. The molecule has 0 atom stereocenters.